The van der Waals surface area contributed by atoms with Crippen LogP contribution < -0.4 is 5.32 Å². The van der Waals surface area contributed by atoms with Crippen molar-refractivity contribution in [3.05, 3.63) is 33.5 Å². The third-order valence-corrected chi connectivity index (χ3v) is 4.04. The maximum Gasteiger partial charge on any atom is 0.323 e. The molecule has 0 radical (unpaired) electrons. The van der Waals surface area contributed by atoms with E-state index in [0.717, 1.165) is 0 Å². The van der Waals surface area contributed by atoms with Gasteiger partial charge in [-0.3, -0.25) is 5.32 Å². The molecule has 0 fully saturated rings. The van der Waals surface area contributed by atoms with Crippen LogP contribution in [0.25, 0.3) is 0 Å². The molecule has 0 aliphatic rings. The van der Waals surface area contributed by atoms with Gasteiger partial charge in [-0.15, -0.1) is 22.7 Å². The van der Waals surface area contributed by atoms with E-state index in [1.165, 1.54) is 21.8 Å². The molecule has 1 N–H and O–H groups in total. The second kappa shape index (κ2) is 5.29. The first-order valence-electron chi connectivity index (χ1n) is 5.11. The third-order valence-electron chi connectivity index (χ3n) is 2.34. The van der Waals surface area contributed by atoms with E-state index in [1.54, 1.807) is 29.5 Å². The highest BCUT2D eigenvalue weighted by Crippen LogP contribution is 2.18. The molecule has 2 amide bonds. The minimum absolute atomic E-state index is 0.132. The lowest BCUT2D eigenvalue weighted by molar-refractivity contribution is 0.221. The van der Waals surface area contributed by atoms with Crippen molar-refractivity contribution in [2.45, 2.75) is 13.5 Å². The van der Waals surface area contributed by atoms with Crippen LogP contribution in [0, 0.1) is 6.92 Å². The molecule has 2 rings (SSSR count). The molecule has 2 aromatic rings. The molecular weight excluding hydrogens is 254 g/mol. The molecule has 2 aromatic heterocycles. The van der Waals surface area contributed by atoms with E-state index in [9.17, 15) is 4.79 Å². The van der Waals surface area contributed by atoms with Crippen LogP contribution in [-0.2, 0) is 6.54 Å². The van der Waals surface area contributed by atoms with Gasteiger partial charge in [-0.25, -0.2) is 9.78 Å². The molecule has 0 unspecified atom stereocenters. The van der Waals surface area contributed by atoms with Crippen molar-refractivity contribution in [1.82, 2.24) is 9.88 Å². The van der Waals surface area contributed by atoms with Gasteiger partial charge < -0.3 is 4.90 Å². The van der Waals surface area contributed by atoms with Crippen molar-refractivity contribution in [3.63, 3.8) is 0 Å². The highest BCUT2D eigenvalue weighted by Gasteiger charge is 2.12. The van der Waals surface area contributed by atoms with Gasteiger partial charge >= 0.3 is 6.03 Å². The molecule has 0 aromatic carbocycles. The zero-order chi connectivity index (χ0) is 12.3. The lowest BCUT2D eigenvalue weighted by atomic mass is 10.3. The summed E-state index contributed by atoms with van der Waals surface area (Å²) >= 11 is 3.08. The average Bonchev–Trinajstić information content (AvgIpc) is 2.91. The second-order valence-electron chi connectivity index (χ2n) is 3.65. The van der Waals surface area contributed by atoms with Crippen LogP contribution in [0.2, 0.25) is 0 Å². The smallest absolute Gasteiger partial charge is 0.322 e. The molecule has 0 atom stereocenters. The standard InChI is InChI=1S/C11H13N3OS2/c1-8-3-5-16-9(8)7-14(2)11(15)13-10-12-4-6-17-10/h3-6H,7H2,1-2H3,(H,12,13,15). The molecule has 0 aliphatic carbocycles. The Labute approximate surface area is 108 Å². The lowest BCUT2D eigenvalue weighted by Crippen LogP contribution is -2.30. The number of hydrogen-bond donors (Lipinski definition) is 1. The highest BCUT2D eigenvalue weighted by atomic mass is 32.1. The van der Waals surface area contributed by atoms with E-state index in [-0.39, 0.29) is 6.03 Å². The van der Waals surface area contributed by atoms with Gasteiger partial charge in [0.1, 0.15) is 0 Å². The summed E-state index contributed by atoms with van der Waals surface area (Å²) in [6, 6.07) is 1.93. The van der Waals surface area contributed by atoms with Crippen molar-refractivity contribution in [1.29, 1.82) is 0 Å². The summed E-state index contributed by atoms with van der Waals surface area (Å²) in [5, 5.41) is 7.25. The first-order chi connectivity index (χ1) is 8.16. The molecule has 2 heterocycles. The van der Waals surface area contributed by atoms with E-state index in [0.29, 0.717) is 11.7 Å². The van der Waals surface area contributed by atoms with Crippen LogP contribution in [-0.4, -0.2) is 23.0 Å². The summed E-state index contributed by atoms with van der Waals surface area (Å²) < 4.78 is 0. The van der Waals surface area contributed by atoms with Crippen LogP contribution in [0.4, 0.5) is 9.93 Å². The SMILES string of the molecule is Cc1ccsc1CN(C)C(=O)Nc1nccs1. The molecule has 0 spiro atoms. The predicted molar refractivity (Wildman–Crippen MR) is 71.7 cm³/mol. The number of thiophene rings is 1. The average molecular weight is 267 g/mol. The Kier molecular flexibility index (Phi) is 3.75. The summed E-state index contributed by atoms with van der Waals surface area (Å²) in [5.74, 6) is 0. The quantitative estimate of drug-likeness (QED) is 0.928. The number of amides is 2. The molecule has 17 heavy (non-hydrogen) atoms. The summed E-state index contributed by atoms with van der Waals surface area (Å²) in [7, 11) is 1.78. The molecule has 90 valence electrons. The Morgan fingerprint density at radius 1 is 1.47 bits per heavy atom. The van der Waals surface area contributed by atoms with Crippen molar-refractivity contribution >= 4 is 33.8 Å². The fraction of sp³-hybridized carbons (Fsp3) is 0.273. The van der Waals surface area contributed by atoms with E-state index in [2.05, 4.69) is 23.3 Å². The Morgan fingerprint density at radius 2 is 2.29 bits per heavy atom. The number of nitrogens with one attached hydrogen (secondary N) is 1. The van der Waals surface area contributed by atoms with E-state index >= 15 is 0 Å². The van der Waals surface area contributed by atoms with Gasteiger partial charge in [-0.2, -0.15) is 0 Å². The van der Waals surface area contributed by atoms with Crippen LogP contribution >= 0.6 is 22.7 Å². The summed E-state index contributed by atoms with van der Waals surface area (Å²) in [6.45, 7) is 2.68. The first kappa shape index (κ1) is 12.1. The number of rotatable bonds is 3. The fourth-order valence-corrected chi connectivity index (χ4v) is 2.80. The van der Waals surface area contributed by atoms with E-state index in [1.807, 2.05) is 10.8 Å². The molecule has 0 bridgehead atoms. The van der Waals surface area contributed by atoms with Crippen molar-refractivity contribution < 1.29 is 4.79 Å². The fourth-order valence-electron chi connectivity index (χ4n) is 1.33. The first-order valence-corrected chi connectivity index (χ1v) is 6.87. The molecule has 0 aliphatic heterocycles. The van der Waals surface area contributed by atoms with Crippen molar-refractivity contribution in [2.75, 3.05) is 12.4 Å². The zero-order valence-corrected chi connectivity index (χ0v) is 11.3. The highest BCUT2D eigenvalue weighted by molar-refractivity contribution is 7.13. The molecule has 6 heteroatoms. The summed E-state index contributed by atoms with van der Waals surface area (Å²) in [5.41, 5.74) is 1.23. The number of anilines is 1. The predicted octanol–water partition coefficient (Wildman–Crippen LogP) is 3.18. The van der Waals surface area contributed by atoms with Gasteiger partial charge in [-0.1, -0.05) is 0 Å². The molecular formula is C11H13N3OS2. The third kappa shape index (κ3) is 3.04. The van der Waals surface area contributed by atoms with Gasteiger partial charge in [0.15, 0.2) is 5.13 Å². The maximum atomic E-state index is 11.8. The number of carbonyl (C=O) groups is 1. The summed E-state index contributed by atoms with van der Waals surface area (Å²) in [4.78, 5) is 18.7. The number of hydrogen-bond acceptors (Lipinski definition) is 4. The van der Waals surface area contributed by atoms with Crippen LogP contribution in [0.3, 0.4) is 0 Å². The van der Waals surface area contributed by atoms with E-state index in [4.69, 9.17) is 0 Å². The zero-order valence-electron chi connectivity index (χ0n) is 9.64. The Balaban J connectivity index is 1.94. The van der Waals surface area contributed by atoms with Crippen LogP contribution in [0.5, 0.6) is 0 Å². The number of nitrogens with zero attached hydrogens (tertiary/aromatic N) is 2. The number of aromatic nitrogens is 1. The second-order valence-corrected chi connectivity index (χ2v) is 5.55. The number of thiazole rings is 1. The van der Waals surface area contributed by atoms with Crippen molar-refractivity contribution in [2.24, 2.45) is 0 Å². The monoisotopic (exact) mass is 267 g/mol. The number of aryl methyl sites for hydroxylation is 1. The summed E-state index contributed by atoms with van der Waals surface area (Å²) in [6.07, 6.45) is 1.67. The number of urea groups is 1. The van der Waals surface area contributed by atoms with Gasteiger partial charge in [0, 0.05) is 23.5 Å². The normalized spacial score (nSPS) is 10.2. The Bertz CT molecular complexity index is 493. The largest absolute Gasteiger partial charge is 0.323 e. The number of carbonyl (C=O) groups excluding carboxylic acids is 1. The van der Waals surface area contributed by atoms with Crippen molar-refractivity contribution in [3.8, 4) is 0 Å². The Hall–Kier alpha value is -1.40. The van der Waals surface area contributed by atoms with Gasteiger partial charge in [0.2, 0.25) is 0 Å². The minimum atomic E-state index is -0.132. The van der Waals surface area contributed by atoms with Crippen LogP contribution in [0.15, 0.2) is 23.0 Å². The topological polar surface area (TPSA) is 45.2 Å². The van der Waals surface area contributed by atoms with Gasteiger partial charge in [-0.05, 0) is 23.9 Å². The molecule has 0 saturated carbocycles. The van der Waals surface area contributed by atoms with Gasteiger partial charge in [0.05, 0.1) is 6.54 Å². The van der Waals surface area contributed by atoms with E-state index < -0.39 is 0 Å². The maximum absolute atomic E-state index is 11.8. The molecule has 4 nitrogen and oxygen atoms in total. The van der Waals surface area contributed by atoms with Crippen LogP contribution in [0.1, 0.15) is 10.4 Å². The Morgan fingerprint density at radius 3 is 2.88 bits per heavy atom. The lowest BCUT2D eigenvalue weighted by Gasteiger charge is -2.16. The molecule has 0 saturated heterocycles. The van der Waals surface area contributed by atoms with Gasteiger partial charge in [0.25, 0.3) is 0 Å². The minimum Gasteiger partial charge on any atom is -0.322 e.